The lowest BCUT2D eigenvalue weighted by Crippen LogP contribution is -2.18. The van der Waals surface area contributed by atoms with Crippen LogP contribution in [0.3, 0.4) is 0 Å². The number of hydrogen-bond donors (Lipinski definition) is 1. The second-order valence-electron chi connectivity index (χ2n) is 4.28. The molecule has 2 aromatic rings. The van der Waals surface area contributed by atoms with Crippen molar-refractivity contribution in [1.29, 1.82) is 0 Å². The summed E-state index contributed by atoms with van der Waals surface area (Å²) in [5, 5.41) is 5.48. The van der Waals surface area contributed by atoms with Crippen LogP contribution in [-0.4, -0.2) is 9.78 Å². The molecule has 0 aliphatic carbocycles. The molecule has 0 aliphatic heterocycles. The Balaban J connectivity index is 2.43. The lowest BCUT2D eigenvalue weighted by Gasteiger charge is -2.16. The lowest BCUT2D eigenvalue weighted by molar-refractivity contribution is 0.559. The molecule has 0 radical (unpaired) electrons. The maximum absolute atomic E-state index is 6.32. The van der Waals surface area contributed by atoms with Crippen molar-refractivity contribution in [1.82, 2.24) is 9.78 Å². The van der Waals surface area contributed by atoms with Gasteiger partial charge in [-0.25, -0.2) is 0 Å². The van der Waals surface area contributed by atoms with E-state index in [2.05, 4.69) is 28.0 Å². The third-order valence-corrected chi connectivity index (χ3v) is 3.85. The molecule has 0 bridgehead atoms. The number of nitrogens with two attached hydrogens (primary N) is 1. The average Bonchev–Trinajstić information content (AvgIpc) is 2.69. The molecule has 0 saturated heterocycles. The van der Waals surface area contributed by atoms with Crippen LogP contribution >= 0.6 is 39.1 Å². The van der Waals surface area contributed by atoms with Crippen molar-refractivity contribution in [2.75, 3.05) is 0 Å². The molecule has 0 fully saturated rings. The third-order valence-electron chi connectivity index (χ3n) is 2.81. The zero-order valence-electron chi connectivity index (χ0n) is 10.4. The van der Waals surface area contributed by atoms with E-state index >= 15 is 0 Å². The summed E-state index contributed by atoms with van der Waals surface area (Å²) >= 11 is 15.5. The molecule has 0 spiro atoms. The Labute approximate surface area is 130 Å². The van der Waals surface area contributed by atoms with Gasteiger partial charge in [0.25, 0.3) is 0 Å². The summed E-state index contributed by atoms with van der Waals surface area (Å²) in [4.78, 5) is 0. The van der Waals surface area contributed by atoms with Gasteiger partial charge in [0, 0.05) is 16.6 Å². The van der Waals surface area contributed by atoms with Gasteiger partial charge >= 0.3 is 0 Å². The summed E-state index contributed by atoms with van der Waals surface area (Å²) in [7, 11) is 0. The SMILES string of the molecule is CCCn1ncc(Br)c1C(N)c1cc(Cl)cc(Cl)c1. The van der Waals surface area contributed by atoms with Crippen molar-refractivity contribution in [3.63, 3.8) is 0 Å². The summed E-state index contributed by atoms with van der Waals surface area (Å²) < 4.78 is 2.80. The first-order valence-electron chi connectivity index (χ1n) is 5.95. The Kier molecular flexibility index (Phi) is 4.90. The number of nitrogens with zero attached hydrogens (tertiary/aromatic N) is 2. The molecule has 0 saturated carbocycles. The summed E-state index contributed by atoms with van der Waals surface area (Å²) in [6.45, 7) is 2.92. The minimum absolute atomic E-state index is 0.320. The molecule has 1 unspecified atom stereocenters. The van der Waals surface area contributed by atoms with Crippen LogP contribution in [0.15, 0.2) is 28.9 Å². The van der Waals surface area contributed by atoms with Crippen LogP contribution in [0.2, 0.25) is 10.0 Å². The highest BCUT2D eigenvalue weighted by atomic mass is 79.9. The van der Waals surface area contributed by atoms with Crippen LogP contribution in [0, 0.1) is 0 Å². The van der Waals surface area contributed by atoms with Gasteiger partial charge in [0.05, 0.1) is 22.4 Å². The Hall–Kier alpha value is -0.550. The first-order valence-corrected chi connectivity index (χ1v) is 7.50. The van der Waals surface area contributed by atoms with E-state index in [1.54, 1.807) is 12.3 Å². The molecule has 1 heterocycles. The molecular weight excluding hydrogens is 349 g/mol. The van der Waals surface area contributed by atoms with Gasteiger partial charge in [-0.2, -0.15) is 5.10 Å². The van der Waals surface area contributed by atoms with Gasteiger partial charge in [0.15, 0.2) is 0 Å². The number of aromatic nitrogens is 2. The first kappa shape index (κ1) is 14.9. The molecule has 2 rings (SSSR count). The minimum Gasteiger partial charge on any atom is -0.319 e. The van der Waals surface area contributed by atoms with Crippen molar-refractivity contribution in [2.24, 2.45) is 5.73 Å². The van der Waals surface area contributed by atoms with Crippen molar-refractivity contribution in [2.45, 2.75) is 25.9 Å². The number of hydrogen-bond acceptors (Lipinski definition) is 2. The van der Waals surface area contributed by atoms with E-state index in [1.807, 2.05) is 16.8 Å². The highest BCUT2D eigenvalue weighted by Gasteiger charge is 2.18. The van der Waals surface area contributed by atoms with Crippen molar-refractivity contribution < 1.29 is 0 Å². The molecule has 6 heteroatoms. The Morgan fingerprint density at radius 3 is 2.53 bits per heavy atom. The number of halogens is 3. The van der Waals surface area contributed by atoms with E-state index in [0.717, 1.165) is 28.7 Å². The molecule has 3 nitrogen and oxygen atoms in total. The van der Waals surface area contributed by atoms with Crippen molar-refractivity contribution >= 4 is 39.1 Å². The Bertz CT molecular complexity index is 563. The minimum atomic E-state index is -0.320. The molecular formula is C13H14BrCl2N3. The lowest BCUT2D eigenvalue weighted by atomic mass is 10.0. The monoisotopic (exact) mass is 361 g/mol. The molecule has 1 aromatic heterocycles. The number of rotatable bonds is 4. The molecule has 102 valence electrons. The van der Waals surface area contributed by atoms with Gasteiger partial charge in [-0.15, -0.1) is 0 Å². The van der Waals surface area contributed by atoms with Gasteiger partial charge in [-0.05, 0) is 46.1 Å². The fourth-order valence-electron chi connectivity index (χ4n) is 1.98. The standard InChI is InChI=1S/C13H14BrCl2N3/c1-2-3-19-13(11(14)7-18-19)12(17)8-4-9(15)6-10(16)5-8/h4-7,12H,2-3,17H2,1H3. The van der Waals surface area contributed by atoms with Crippen LogP contribution in [0.1, 0.15) is 30.6 Å². The Morgan fingerprint density at radius 2 is 1.95 bits per heavy atom. The number of benzene rings is 1. The van der Waals surface area contributed by atoms with Crippen molar-refractivity contribution in [3.8, 4) is 0 Å². The van der Waals surface area contributed by atoms with Gasteiger partial charge in [-0.1, -0.05) is 30.1 Å². The van der Waals surface area contributed by atoms with Gasteiger partial charge in [0.2, 0.25) is 0 Å². The van der Waals surface area contributed by atoms with Crippen LogP contribution in [0.25, 0.3) is 0 Å². The number of aryl methyl sites for hydroxylation is 1. The molecule has 0 amide bonds. The zero-order chi connectivity index (χ0) is 14.0. The average molecular weight is 363 g/mol. The first-order chi connectivity index (χ1) is 9.02. The van der Waals surface area contributed by atoms with Crippen molar-refractivity contribution in [3.05, 3.63) is 50.2 Å². The normalized spacial score (nSPS) is 12.7. The van der Waals surface area contributed by atoms with Crippen LogP contribution in [-0.2, 0) is 6.54 Å². The summed E-state index contributed by atoms with van der Waals surface area (Å²) in [6, 6.07) is 5.03. The van der Waals surface area contributed by atoms with E-state index in [0.29, 0.717) is 10.0 Å². The molecule has 19 heavy (non-hydrogen) atoms. The second kappa shape index (κ2) is 6.27. The highest BCUT2D eigenvalue weighted by molar-refractivity contribution is 9.10. The predicted octanol–water partition coefficient (Wildman–Crippen LogP) is 4.41. The smallest absolute Gasteiger partial charge is 0.0738 e. The Morgan fingerprint density at radius 1 is 1.32 bits per heavy atom. The van der Waals surface area contributed by atoms with Crippen LogP contribution < -0.4 is 5.73 Å². The third kappa shape index (κ3) is 3.31. The summed E-state index contributed by atoms with van der Waals surface area (Å²) in [6.07, 6.45) is 2.75. The molecule has 1 atom stereocenters. The van der Waals surface area contributed by atoms with Crippen LogP contribution in [0.5, 0.6) is 0 Å². The highest BCUT2D eigenvalue weighted by Crippen LogP contribution is 2.30. The fourth-order valence-corrected chi connectivity index (χ4v) is 3.07. The van der Waals surface area contributed by atoms with Gasteiger partial charge in [-0.3, -0.25) is 4.68 Å². The maximum atomic E-state index is 6.32. The van der Waals surface area contributed by atoms with E-state index < -0.39 is 0 Å². The van der Waals surface area contributed by atoms with E-state index in [4.69, 9.17) is 28.9 Å². The predicted molar refractivity (Wildman–Crippen MR) is 82.7 cm³/mol. The second-order valence-corrected chi connectivity index (χ2v) is 6.01. The maximum Gasteiger partial charge on any atom is 0.0738 e. The quantitative estimate of drug-likeness (QED) is 0.875. The molecule has 1 aromatic carbocycles. The van der Waals surface area contributed by atoms with E-state index in [-0.39, 0.29) is 6.04 Å². The topological polar surface area (TPSA) is 43.8 Å². The molecule has 0 aliphatic rings. The summed E-state index contributed by atoms with van der Waals surface area (Å²) in [5.74, 6) is 0. The van der Waals surface area contributed by atoms with E-state index in [1.165, 1.54) is 0 Å². The fraction of sp³-hybridized carbons (Fsp3) is 0.308. The van der Waals surface area contributed by atoms with Gasteiger partial charge < -0.3 is 5.73 Å². The summed E-state index contributed by atoms with van der Waals surface area (Å²) in [5.41, 5.74) is 8.12. The van der Waals surface area contributed by atoms with Crippen LogP contribution in [0.4, 0.5) is 0 Å². The largest absolute Gasteiger partial charge is 0.319 e. The zero-order valence-corrected chi connectivity index (χ0v) is 13.5. The van der Waals surface area contributed by atoms with E-state index in [9.17, 15) is 0 Å². The molecule has 2 N–H and O–H groups in total. The van der Waals surface area contributed by atoms with Gasteiger partial charge in [0.1, 0.15) is 0 Å².